The van der Waals surface area contributed by atoms with Crippen molar-refractivity contribution in [2.45, 2.75) is 19.2 Å². The van der Waals surface area contributed by atoms with E-state index in [-0.39, 0.29) is 11.7 Å². The van der Waals surface area contributed by atoms with Crippen LogP contribution in [0.5, 0.6) is 5.75 Å². The highest BCUT2D eigenvalue weighted by molar-refractivity contribution is 7.89. The number of fused-ring (bicyclic) bond motifs is 1. The van der Waals surface area contributed by atoms with Crippen molar-refractivity contribution in [3.05, 3.63) is 89.5 Å². The van der Waals surface area contributed by atoms with Crippen molar-refractivity contribution >= 4 is 42.4 Å². The molecule has 4 aromatic rings. The van der Waals surface area contributed by atoms with Gasteiger partial charge in [0.25, 0.3) is 5.91 Å². The molecule has 0 aliphatic rings. The maximum atomic E-state index is 13.6. The first kappa shape index (κ1) is 22.9. The monoisotopic (exact) mass is 480 g/mol. The Bertz CT molecular complexity index is 1380. The number of thiazole rings is 1. The second-order valence-corrected chi connectivity index (χ2v) is 10.9. The van der Waals surface area contributed by atoms with Crippen LogP contribution in [0.15, 0.2) is 72.8 Å². The van der Waals surface area contributed by atoms with Crippen LogP contribution in [-0.4, -0.2) is 32.2 Å². The summed E-state index contributed by atoms with van der Waals surface area (Å²) in [5.74, 6) is 0.404. The van der Waals surface area contributed by atoms with Gasteiger partial charge in [0, 0.05) is 11.8 Å². The van der Waals surface area contributed by atoms with Crippen molar-refractivity contribution in [3.8, 4) is 5.75 Å². The summed E-state index contributed by atoms with van der Waals surface area (Å²) in [5.41, 5.74) is 2.75. The molecule has 0 saturated carbocycles. The van der Waals surface area contributed by atoms with Crippen LogP contribution in [0.2, 0.25) is 0 Å². The fourth-order valence-electron chi connectivity index (χ4n) is 3.51. The quantitative estimate of drug-likeness (QED) is 0.351. The molecule has 170 valence electrons. The van der Waals surface area contributed by atoms with Crippen molar-refractivity contribution in [3.63, 3.8) is 0 Å². The van der Waals surface area contributed by atoms with Crippen molar-refractivity contribution < 1.29 is 17.9 Å². The highest BCUT2D eigenvalue weighted by atomic mass is 32.2. The zero-order chi connectivity index (χ0) is 23.4. The van der Waals surface area contributed by atoms with E-state index in [0.29, 0.717) is 29.4 Å². The number of benzene rings is 3. The third-order valence-corrected chi connectivity index (χ3v) is 6.82. The third kappa shape index (κ3) is 5.77. The third-order valence-electron chi connectivity index (χ3n) is 4.92. The minimum Gasteiger partial charge on any atom is -0.494 e. The van der Waals surface area contributed by atoms with Crippen molar-refractivity contribution in [2.75, 3.05) is 17.8 Å². The molecule has 6 nitrogen and oxygen atoms in total. The summed E-state index contributed by atoms with van der Waals surface area (Å²) < 4.78 is 30.0. The first-order valence-electron chi connectivity index (χ1n) is 10.5. The van der Waals surface area contributed by atoms with Gasteiger partial charge in [-0.3, -0.25) is 9.69 Å². The summed E-state index contributed by atoms with van der Waals surface area (Å²) >= 11 is 1.42. The maximum absolute atomic E-state index is 13.6. The smallest absolute Gasteiger partial charge is 0.260 e. The number of ether oxygens (including phenoxy) is 1. The van der Waals surface area contributed by atoms with E-state index in [9.17, 15) is 13.2 Å². The SMILES string of the molecule is CCOc1ccc2nc(N(Cc3ccccc3)C(=O)c3cccc(CS(C)(=O)=O)c3)sc2c1. The van der Waals surface area contributed by atoms with Gasteiger partial charge >= 0.3 is 0 Å². The number of hydrogen-bond acceptors (Lipinski definition) is 6. The second-order valence-electron chi connectivity index (χ2n) is 7.71. The zero-order valence-electron chi connectivity index (χ0n) is 18.4. The Morgan fingerprint density at radius 1 is 1.00 bits per heavy atom. The number of amides is 1. The van der Waals surface area contributed by atoms with E-state index in [4.69, 9.17) is 9.72 Å². The van der Waals surface area contributed by atoms with Crippen LogP contribution >= 0.6 is 11.3 Å². The predicted octanol–water partition coefficient (Wildman–Crippen LogP) is 5.09. The Kier molecular flexibility index (Phi) is 6.76. The van der Waals surface area contributed by atoms with Crippen molar-refractivity contribution in [2.24, 2.45) is 0 Å². The summed E-state index contributed by atoms with van der Waals surface area (Å²) in [6.07, 6.45) is 1.18. The average Bonchev–Trinajstić information content (AvgIpc) is 3.20. The number of sulfone groups is 1. The van der Waals surface area contributed by atoms with Crippen molar-refractivity contribution in [1.82, 2.24) is 4.98 Å². The Balaban J connectivity index is 1.73. The summed E-state index contributed by atoms with van der Waals surface area (Å²) in [6, 6.07) is 22.2. The molecular formula is C25H24N2O4S2. The van der Waals surface area contributed by atoms with Crippen LogP contribution in [-0.2, 0) is 22.1 Å². The minimum absolute atomic E-state index is 0.117. The van der Waals surface area contributed by atoms with Gasteiger partial charge in [-0.15, -0.1) is 0 Å². The molecule has 0 spiro atoms. The molecule has 0 aliphatic heterocycles. The molecule has 33 heavy (non-hydrogen) atoms. The number of carbonyl (C=O) groups excluding carboxylic acids is 1. The second kappa shape index (κ2) is 9.72. The lowest BCUT2D eigenvalue weighted by Crippen LogP contribution is -2.30. The molecule has 0 N–H and O–H groups in total. The molecule has 1 amide bonds. The molecule has 0 aliphatic carbocycles. The minimum atomic E-state index is -3.21. The standard InChI is InChI=1S/C25H24N2O4S2/c1-3-31-21-12-13-22-23(15-21)32-25(26-22)27(16-18-8-5-4-6-9-18)24(28)20-11-7-10-19(14-20)17-33(2,29)30/h4-15H,3,16-17H2,1-2H3. The fourth-order valence-corrected chi connectivity index (χ4v) is 5.29. The van der Waals surface area contributed by atoms with Gasteiger partial charge in [-0.05, 0) is 48.4 Å². The summed E-state index contributed by atoms with van der Waals surface area (Å²) in [4.78, 5) is 20.0. The lowest BCUT2D eigenvalue weighted by atomic mass is 10.1. The summed E-state index contributed by atoms with van der Waals surface area (Å²) in [5, 5.41) is 0.570. The van der Waals surface area contributed by atoms with Crippen LogP contribution < -0.4 is 9.64 Å². The van der Waals surface area contributed by atoms with E-state index in [1.165, 1.54) is 17.6 Å². The van der Waals surface area contributed by atoms with Gasteiger partial charge in [0.2, 0.25) is 0 Å². The number of anilines is 1. The molecule has 0 saturated heterocycles. The molecule has 0 radical (unpaired) electrons. The number of nitrogens with zero attached hydrogens (tertiary/aromatic N) is 2. The van der Waals surface area contributed by atoms with E-state index in [2.05, 4.69) is 0 Å². The Morgan fingerprint density at radius 3 is 2.48 bits per heavy atom. The molecule has 4 rings (SSSR count). The van der Waals surface area contributed by atoms with Crippen LogP contribution in [0.3, 0.4) is 0 Å². The molecule has 3 aromatic carbocycles. The lowest BCUT2D eigenvalue weighted by molar-refractivity contribution is 0.0985. The number of hydrogen-bond donors (Lipinski definition) is 0. The zero-order valence-corrected chi connectivity index (χ0v) is 20.0. The highest BCUT2D eigenvalue weighted by Crippen LogP contribution is 2.33. The molecule has 0 bridgehead atoms. The van der Waals surface area contributed by atoms with Gasteiger partial charge in [-0.2, -0.15) is 0 Å². The van der Waals surface area contributed by atoms with E-state index in [1.807, 2.05) is 55.5 Å². The van der Waals surface area contributed by atoms with Crippen LogP contribution in [0.25, 0.3) is 10.2 Å². The van der Waals surface area contributed by atoms with Crippen molar-refractivity contribution in [1.29, 1.82) is 0 Å². The molecule has 8 heteroatoms. The molecule has 0 atom stereocenters. The van der Waals surface area contributed by atoms with Crippen LogP contribution in [0, 0.1) is 0 Å². The largest absolute Gasteiger partial charge is 0.494 e. The van der Waals surface area contributed by atoms with Gasteiger partial charge < -0.3 is 4.74 Å². The van der Waals surface area contributed by atoms with Crippen LogP contribution in [0.1, 0.15) is 28.4 Å². The Hall–Kier alpha value is -3.23. The Labute approximate surface area is 197 Å². The summed E-state index contributed by atoms with van der Waals surface area (Å²) in [7, 11) is -3.21. The predicted molar refractivity (Wildman–Crippen MR) is 133 cm³/mol. The average molecular weight is 481 g/mol. The molecular weight excluding hydrogens is 456 g/mol. The molecule has 0 unspecified atom stereocenters. The van der Waals surface area contributed by atoms with E-state index < -0.39 is 9.84 Å². The Morgan fingerprint density at radius 2 is 1.76 bits per heavy atom. The highest BCUT2D eigenvalue weighted by Gasteiger charge is 2.22. The van der Waals surface area contributed by atoms with E-state index >= 15 is 0 Å². The van der Waals surface area contributed by atoms with Gasteiger partial charge in [-0.1, -0.05) is 53.8 Å². The summed E-state index contributed by atoms with van der Waals surface area (Å²) in [6.45, 7) is 2.84. The number of aromatic nitrogens is 1. The maximum Gasteiger partial charge on any atom is 0.260 e. The van der Waals surface area contributed by atoms with Gasteiger partial charge in [0.05, 0.1) is 29.1 Å². The van der Waals surface area contributed by atoms with Gasteiger partial charge in [0.1, 0.15) is 5.75 Å². The molecule has 1 heterocycles. The van der Waals surface area contributed by atoms with E-state index in [1.54, 1.807) is 29.2 Å². The first-order valence-corrected chi connectivity index (χ1v) is 13.4. The lowest BCUT2D eigenvalue weighted by Gasteiger charge is -2.20. The van der Waals surface area contributed by atoms with E-state index in [0.717, 1.165) is 21.5 Å². The normalized spacial score (nSPS) is 11.5. The first-order chi connectivity index (χ1) is 15.8. The van der Waals surface area contributed by atoms with Gasteiger partial charge in [0.15, 0.2) is 15.0 Å². The molecule has 1 aromatic heterocycles. The number of rotatable bonds is 8. The van der Waals surface area contributed by atoms with Gasteiger partial charge in [-0.25, -0.2) is 13.4 Å². The van der Waals surface area contributed by atoms with Crippen LogP contribution in [0.4, 0.5) is 5.13 Å². The topological polar surface area (TPSA) is 76.6 Å². The fraction of sp³-hybridized carbons (Fsp3) is 0.200. The molecule has 0 fully saturated rings. The number of carbonyl (C=O) groups is 1.